The lowest BCUT2D eigenvalue weighted by Gasteiger charge is -1.98. The molecule has 0 heterocycles. The number of rotatable bonds is 5. The summed E-state index contributed by atoms with van der Waals surface area (Å²) in [5.74, 6) is 0.0842. The molecule has 0 saturated heterocycles. The summed E-state index contributed by atoms with van der Waals surface area (Å²) in [7, 11) is 0. The zero-order valence-corrected chi connectivity index (χ0v) is 7.39. The lowest BCUT2D eigenvalue weighted by atomic mass is 10.1. The van der Waals surface area contributed by atoms with E-state index >= 15 is 0 Å². The van der Waals surface area contributed by atoms with Crippen molar-refractivity contribution in [2.45, 2.75) is 39.5 Å². The second-order valence-corrected chi connectivity index (χ2v) is 2.62. The molecule has 2 heteroatoms. The molecule has 0 rings (SSSR count). The monoisotopic (exact) mass is 155 g/mol. The van der Waals surface area contributed by atoms with Gasteiger partial charge in [-0.3, -0.25) is 4.79 Å². The molecule has 0 fully saturated rings. The highest BCUT2D eigenvalue weighted by Gasteiger charge is 2.02. The SMILES string of the molecule is C/C=C(\N)C(=O)CCCCC. The Morgan fingerprint density at radius 3 is 2.55 bits per heavy atom. The van der Waals surface area contributed by atoms with Gasteiger partial charge < -0.3 is 5.73 Å². The first kappa shape index (κ1) is 10.2. The zero-order valence-electron chi connectivity index (χ0n) is 7.39. The second-order valence-electron chi connectivity index (χ2n) is 2.62. The predicted molar refractivity (Wildman–Crippen MR) is 47.1 cm³/mol. The van der Waals surface area contributed by atoms with Crippen LogP contribution < -0.4 is 5.73 Å². The Balaban J connectivity index is 3.53. The molecule has 0 amide bonds. The Bertz CT molecular complexity index is 150. The van der Waals surface area contributed by atoms with Crippen LogP contribution >= 0.6 is 0 Å². The number of allylic oxidation sites excluding steroid dienone is 2. The molecule has 0 aromatic carbocycles. The van der Waals surface area contributed by atoms with Crippen molar-refractivity contribution in [3.8, 4) is 0 Å². The highest BCUT2D eigenvalue weighted by Crippen LogP contribution is 2.02. The summed E-state index contributed by atoms with van der Waals surface area (Å²) < 4.78 is 0. The molecule has 0 aliphatic rings. The van der Waals surface area contributed by atoms with E-state index in [0.29, 0.717) is 12.1 Å². The number of ketones is 1. The van der Waals surface area contributed by atoms with Crippen molar-refractivity contribution in [3.63, 3.8) is 0 Å². The van der Waals surface area contributed by atoms with Gasteiger partial charge in [0.2, 0.25) is 0 Å². The molecule has 0 radical (unpaired) electrons. The van der Waals surface area contributed by atoms with Gasteiger partial charge in [0.25, 0.3) is 0 Å². The number of nitrogens with two attached hydrogens (primary N) is 1. The number of carbonyl (C=O) groups excluding carboxylic acids is 1. The Labute approximate surface area is 68.5 Å². The molecule has 0 aromatic heterocycles. The topological polar surface area (TPSA) is 43.1 Å². The molecule has 0 saturated carbocycles. The molecule has 0 unspecified atom stereocenters. The largest absolute Gasteiger partial charge is 0.396 e. The molecular weight excluding hydrogens is 138 g/mol. The molecule has 2 nitrogen and oxygen atoms in total. The minimum atomic E-state index is 0.0842. The fourth-order valence-electron chi connectivity index (χ4n) is 0.841. The summed E-state index contributed by atoms with van der Waals surface area (Å²) in [5, 5.41) is 0. The van der Waals surface area contributed by atoms with Crippen LogP contribution in [0.25, 0.3) is 0 Å². The average Bonchev–Trinajstić information content (AvgIpc) is 2.03. The van der Waals surface area contributed by atoms with Crippen LogP contribution in [0.2, 0.25) is 0 Å². The first-order valence-electron chi connectivity index (χ1n) is 4.17. The van der Waals surface area contributed by atoms with Gasteiger partial charge in [-0.15, -0.1) is 0 Å². The van der Waals surface area contributed by atoms with Crippen LogP contribution in [-0.2, 0) is 4.79 Å². The number of carbonyl (C=O) groups is 1. The van der Waals surface area contributed by atoms with Crippen LogP contribution in [0.1, 0.15) is 39.5 Å². The van der Waals surface area contributed by atoms with Gasteiger partial charge in [0, 0.05) is 6.42 Å². The van der Waals surface area contributed by atoms with E-state index in [1.807, 2.05) is 0 Å². The van der Waals surface area contributed by atoms with Gasteiger partial charge in [-0.2, -0.15) is 0 Å². The van der Waals surface area contributed by atoms with Gasteiger partial charge in [-0.25, -0.2) is 0 Å². The third-order valence-electron chi connectivity index (χ3n) is 1.64. The lowest BCUT2D eigenvalue weighted by Crippen LogP contribution is -2.10. The third-order valence-corrected chi connectivity index (χ3v) is 1.64. The summed E-state index contributed by atoms with van der Waals surface area (Å²) in [6.07, 6.45) is 5.48. The van der Waals surface area contributed by atoms with E-state index in [4.69, 9.17) is 5.73 Å². The van der Waals surface area contributed by atoms with Crippen LogP contribution in [-0.4, -0.2) is 5.78 Å². The van der Waals surface area contributed by atoms with Gasteiger partial charge in [0.15, 0.2) is 5.78 Å². The van der Waals surface area contributed by atoms with Crippen LogP contribution in [0.4, 0.5) is 0 Å². The van der Waals surface area contributed by atoms with Crippen molar-refractivity contribution in [1.29, 1.82) is 0 Å². The molecule has 0 aliphatic carbocycles. The standard InChI is InChI=1S/C9H17NO/c1-3-5-6-7-9(11)8(10)4-2/h4H,3,5-7,10H2,1-2H3/b8-4-. The second kappa shape index (κ2) is 5.96. The highest BCUT2D eigenvalue weighted by atomic mass is 16.1. The highest BCUT2D eigenvalue weighted by molar-refractivity contribution is 5.94. The van der Waals surface area contributed by atoms with Crippen molar-refractivity contribution in [3.05, 3.63) is 11.8 Å². The number of hydrogen-bond donors (Lipinski definition) is 1. The Morgan fingerprint density at radius 1 is 1.45 bits per heavy atom. The first-order valence-corrected chi connectivity index (χ1v) is 4.17. The maximum Gasteiger partial charge on any atom is 0.178 e. The summed E-state index contributed by atoms with van der Waals surface area (Å²) in [6.45, 7) is 3.90. The summed E-state index contributed by atoms with van der Waals surface area (Å²) in [4.78, 5) is 11.1. The maximum atomic E-state index is 11.1. The minimum Gasteiger partial charge on any atom is -0.396 e. The molecule has 2 N–H and O–H groups in total. The van der Waals surface area contributed by atoms with Gasteiger partial charge in [0.05, 0.1) is 5.70 Å². The molecule has 0 aliphatic heterocycles. The lowest BCUT2D eigenvalue weighted by molar-refractivity contribution is -0.115. The summed E-state index contributed by atoms with van der Waals surface area (Å²) >= 11 is 0. The van der Waals surface area contributed by atoms with E-state index in [1.165, 1.54) is 0 Å². The molecule has 0 bridgehead atoms. The van der Waals surface area contributed by atoms with Gasteiger partial charge in [0.1, 0.15) is 0 Å². The Morgan fingerprint density at radius 2 is 2.09 bits per heavy atom. The van der Waals surface area contributed by atoms with E-state index in [2.05, 4.69) is 6.92 Å². The van der Waals surface area contributed by atoms with Crippen LogP contribution in [0.5, 0.6) is 0 Å². The molecular formula is C9H17NO. The number of unbranched alkanes of at least 4 members (excludes halogenated alkanes) is 2. The predicted octanol–water partition coefficient (Wildman–Crippen LogP) is 2.00. The first-order chi connectivity index (χ1) is 5.22. The van der Waals surface area contributed by atoms with Crippen molar-refractivity contribution in [2.24, 2.45) is 5.73 Å². The van der Waals surface area contributed by atoms with Crippen LogP contribution in [0.15, 0.2) is 11.8 Å². The smallest absolute Gasteiger partial charge is 0.178 e. The fourth-order valence-corrected chi connectivity index (χ4v) is 0.841. The molecule has 11 heavy (non-hydrogen) atoms. The van der Waals surface area contributed by atoms with Crippen molar-refractivity contribution >= 4 is 5.78 Å². The van der Waals surface area contributed by atoms with Gasteiger partial charge in [-0.05, 0) is 13.3 Å². The van der Waals surface area contributed by atoms with Crippen molar-refractivity contribution in [1.82, 2.24) is 0 Å². The van der Waals surface area contributed by atoms with E-state index in [9.17, 15) is 4.79 Å². The molecule has 0 spiro atoms. The Hall–Kier alpha value is -0.790. The van der Waals surface area contributed by atoms with Crippen molar-refractivity contribution < 1.29 is 4.79 Å². The van der Waals surface area contributed by atoms with E-state index in [-0.39, 0.29) is 5.78 Å². The minimum absolute atomic E-state index is 0.0842. The Kier molecular flexibility index (Phi) is 5.53. The molecule has 64 valence electrons. The average molecular weight is 155 g/mol. The summed E-state index contributed by atoms with van der Waals surface area (Å²) in [6, 6.07) is 0. The van der Waals surface area contributed by atoms with Gasteiger partial charge in [-0.1, -0.05) is 25.8 Å². The maximum absolute atomic E-state index is 11.1. The van der Waals surface area contributed by atoms with E-state index in [0.717, 1.165) is 19.3 Å². The van der Waals surface area contributed by atoms with E-state index in [1.54, 1.807) is 13.0 Å². The third kappa shape index (κ3) is 4.59. The van der Waals surface area contributed by atoms with Crippen LogP contribution in [0.3, 0.4) is 0 Å². The normalized spacial score (nSPS) is 11.6. The zero-order chi connectivity index (χ0) is 8.69. The molecule has 0 aromatic rings. The number of hydrogen-bond acceptors (Lipinski definition) is 2. The van der Waals surface area contributed by atoms with Gasteiger partial charge >= 0.3 is 0 Å². The van der Waals surface area contributed by atoms with Crippen molar-refractivity contribution in [2.75, 3.05) is 0 Å². The quantitative estimate of drug-likeness (QED) is 0.487. The summed E-state index contributed by atoms with van der Waals surface area (Å²) in [5.41, 5.74) is 5.81. The number of Topliss-reactive ketones (excluding diaryl/α,β-unsaturated/α-hetero) is 1. The molecule has 0 atom stereocenters. The van der Waals surface area contributed by atoms with E-state index < -0.39 is 0 Å². The fraction of sp³-hybridized carbons (Fsp3) is 0.667. The van der Waals surface area contributed by atoms with Crippen LogP contribution in [0, 0.1) is 0 Å².